The van der Waals surface area contributed by atoms with E-state index in [-0.39, 0.29) is 23.2 Å². The number of amides is 1. The van der Waals surface area contributed by atoms with E-state index in [2.05, 4.69) is 33.0 Å². The fourth-order valence-electron chi connectivity index (χ4n) is 4.80. The van der Waals surface area contributed by atoms with Gasteiger partial charge in [-0.25, -0.2) is 28.0 Å². The highest BCUT2D eigenvalue weighted by molar-refractivity contribution is 7.98. The van der Waals surface area contributed by atoms with Gasteiger partial charge in [-0.2, -0.15) is 11.8 Å². The third kappa shape index (κ3) is 10.5. The zero-order chi connectivity index (χ0) is 35.7. The molecule has 2 aromatic heterocycles. The van der Waals surface area contributed by atoms with E-state index in [0.29, 0.717) is 46.3 Å². The second kappa shape index (κ2) is 17.0. The van der Waals surface area contributed by atoms with Gasteiger partial charge in [-0.15, -0.1) is 21.6 Å². The Bertz CT molecular complexity index is 1930. The van der Waals surface area contributed by atoms with Crippen molar-refractivity contribution in [2.45, 2.75) is 48.9 Å². The number of nitrogens with two attached hydrogens (primary N) is 1. The van der Waals surface area contributed by atoms with Gasteiger partial charge in [0.25, 0.3) is 10.0 Å². The number of sulfonamides is 1. The zero-order valence-electron chi connectivity index (χ0n) is 27.5. The van der Waals surface area contributed by atoms with Crippen molar-refractivity contribution < 1.29 is 32.6 Å². The predicted octanol–water partition coefficient (Wildman–Crippen LogP) is 2.35. The highest BCUT2D eigenvalue weighted by Crippen LogP contribution is 2.28. The molecule has 0 saturated carbocycles. The molecule has 0 bridgehead atoms. The SMILES string of the molecule is CCCCc1cn(CCOc2cccc(CSCC(NC(=O)CN3C=C(COc4ccc5nc(S(N)(=O)=O)sc5c4)NN3C)C(=O)O)c2)nn1. The number of benzene rings is 2. The number of primary sulfonamides is 1. The number of ether oxygens (including phenoxy) is 2. The van der Waals surface area contributed by atoms with E-state index in [1.807, 2.05) is 30.5 Å². The molecule has 5 N–H and O–H groups in total. The van der Waals surface area contributed by atoms with Crippen LogP contribution in [-0.4, -0.2) is 94.1 Å². The number of thioether (sulfide) groups is 1. The lowest BCUT2D eigenvalue weighted by atomic mass is 10.2. The van der Waals surface area contributed by atoms with Crippen LogP contribution >= 0.6 is 23.1 Å². The molecular formula is C31H39N9O7S3. The summed E-state index contributed by atoms with van der Waals surface area (Å²) in [7, 11) is -2.20. The minimum Gasteiger partial charge on any atom is -0.492 e. The molecular weight excluding hydrogens is 707 g/mol. The maximum atomic E-state index is 12.8. The van der Waals surface area contributed by atoms with Crippen molar-refractivity contribution in [1.82, 2.24) is 40.8 Å². The third-order valence-electron chi connectivity index (χ3n) is 7.33. The topological polar surface area (TPSA) is 207 Å². The number of hydrogen-bond donors (Lipinski definition) is 4. The standard InChI is InChI=1S/C31H39N9O7S3/c1-3-4-7-22-15-39(37-35-22)11-12-46-24-8-5-6-21(13-24)19-48-20-27(30(42)43)33-29(41)17-40-16-23(36-38(40)2)18-47-25-9-10-26-28(14-25)49-31(34-26)50(32,44)45/h5-6,8-10,13-16,27,36H,3-4,7,11-12,17-20H2,1-2H3,(H,33,41)(H,42,43)(H2,32,44,45). The van der Waals surface area contributed by atoms with Crippen LogP contribution in [0.2, 0.25) is 0 Å². The van der Waals surface area contributed by atoms with Crippen LogP contribution in [0.25, 0.3) is 10.2 Å². The van der Waals surface area contributed by atoms with E-state index in [9.17, 15) is 23.1 Å². The molecule has 0 aliphatic carbocycles. The summed E-state index contributed by atoms with van der Waals surface area (Å²) in [5.74, 6) is 0.314. The molecule has 0 spiro atoms. The van der Waals surface area contributed by atoms with Gasteiger partial charge < -0.3 is 25.3 Å². The number of aromatic nitrogens is 4. The van der Waals surface area contributed by atoms with Crippen molar-refractivity contribution in [3.63, 3.8) is 0 Å². The summed E-state index contributed by atoms with van der Waals surface area (Å²) in [4.78, 5) is 28.8. The zero-order valence-corrected chi connectivity index (χ0v) is 30.0. The molecule has 2 aromatic carbocycles. The third-order valence-corrected chi connectivity index (χ3v) is 10.8. The van der Waals surface area contributed by atoms with Crippen molar-refractivity contribution in [2.24, 2.45) is 5.14 Å². The molecule has 1 amide bonds. The molecule has 0 saturated heterocycles. The lowest BCUT2D eigenvalue weighted by Gasteiger charge is -2.24. The number of carbonyl (C=O) groups excluding carboxylic acids is 1. The number of unbranched alkanes of at least 4 members (excludes halogenated alkanes) is 1. The second-order valence-corrected chi connectivity index (χ2v) is 15.2. The first kappa shape index (κ1) is 36.8. The summed E-state index contributed by atoms with van der Waals surface area (Å²) >= 11 is 2.35. The van der Waals surface area contributed by atoms with Gasteiger partial charge in [0.2, 0.25) is 10.2 Å². The van der Waals surface area contributed by atoms with Gasteiger partial charge >= 0.3 is 5.97 Å². The first-order valence-corrected chi connectivity index (χ1v) is 19.2. The maximum absolute atomic E-state index is 12.8. The smallest absolute Gasteiger partial charge is 0.327 e. The molecule has 5 rings (SSSR count). The second-order valence-electron chi connectivity index (χ2n) is 11.4. The number of hydrogen-bond acceptors (Lipinski definition) is 14. The lowest BCUT2D eigenvalue weighted by molar-refractivity contribution is -0.141. The lowest BCUT2D eigenvalue weighted by Crippen LogP contribution is -2.49. The van der Waals surface area contributed by atoms with Gasteiger partial charge in [0, 0.05) is 31.0 Å². The molecule has 0 radical (unpaired) electrons. The Morgan fingerprint density at radius 2 is 2.00 bits per heavy atom. The summed E-state index contributed by atoms with van der Waals surface area (Å²) in [6, 6.07) is 11.5. The van der Waals surface area contributed by atoms with Crippen LogP contribution in [0.1, 0.15) is 31.0 Å². The summed E-state index contributed by atoms with van der Waals surface area (Å²) in [5.41, 5.74) is 6.15. The van der Waals surface area contributed by atoms with Crippen molar-refractivity contribution in [3.05, 3.63) is 71.8 Å². The average molecular weight is 746 g/mol. The Hall–Kier alpha value is -4.43. The first-order chi connectivity index (χ1) is 24.0. The van der Waals surface area contributed by atoms with Crippen LogP contribution in [0.15, 0.2) is 64.9 Å². The number of nitrogens with zero attached hydrogens (tertiary/aromatic N) is 6. The molecule has 0 fully saturated rings. The molecule has 3 heterocycles. The Balaban J connectivity index is 1.05. The number of carboxylic acids is 1. The van der Waals surface area contributed by atoms with Gasteiger partial charge in [-0.3, -0.25) is 9.80 Å². The van der Waals surface area contributed by atoms with Crippen LogP contribution in [0.5, 0.6) is 11.5 Å². The highest BCUT2D eigenvalue weighted by atomic mass is 32.2. The number of aliphatic carboxylic acids is 1. The number of aryl methyl sites for hydroxylation is 1. The number of carbonyl (C=O) groups is 2. The van der Waals surface area contributed by atoms with E-state index in [4.69, 9.17) is 14.6 Å². The molecule has 50 heavy (non-hydrogen) atoms. The van der Waals surface area contributed by atoms with E-state index in [0.717, 1.165) is 41.9 Å². The monoisotopic (exact) mass is 745 g/mol. The minimum absolute atomic E-state index is 0.122. The Morgan fingerprint density at radius 1 is 1.18 bits per heavy atom. The molecule has 16 nitrogen and oxygen atoms in total. The van der Waals surface area contributed by atoms with E-state index >= 15 is 0 Å². The summed E-state index contributed by atoms with van der Waals surface area (Å²) < 4.78 is 37.2. The molecule has 268 valence electrons. The number of thiazole rings is 1. The van der Waals surface area contributed by atoms with Crippen molar-refractivity contribution in [1.29, 1.82) is 0 Å². The highest BCUT2D eigenvalue weighted by Gasteiger charge is 2.25. The Labute approximate surface area is 297 Å². The van der Waals surface area contributed by atoms with Crippen LogP contribution in [-0.2, 0) is 38.3 Å². The molecule has 1 unspecified atom stereocenters. The molecule has 1 aliphatic rings. The Morgan fingerprint density at radius 3 is 2.78 bits per heavy atom. The quantitative estimate of drug-likeness (QED) is 0.109. The van der Waals surface area contributed by atoms with Crippen molar-refractivity contribution in [2.75, 3.05) is 32.6 Å². The van der Waals surface area contributed by atoms with Crippen LogP contribution in [0.3, 0.4) is 0 Å². The molecule has 1 atom stereocenters. The van der Waals surface area contributed by atoms with Crippen LogP contribution < -0.4 is 25.4 Å². The molecule has 1 aliphatic heterocycles. The number of hydrazine groups is 2. The summed E-state index contributed by atoms with van der Waals surface area (Å²) in [6.07, 6.45) is 6.72. The fourth-order valence-corrected chi connectivity index (χ4v) is 7.48. The van der Waals surface area contributed by atoms with Crippen LogP contribution in [0.4, 0.5) is 0 Å². The average Bonchev–Trinajstić information content (AvgIpc) is 3.80. The van der Waals surface area contributed by atoms with Crippen LogP contribution in [0, 0.1) is 0 Å². The van der Waals surface area contributed by atoms with Gasteiger partial charge in [0.15, 0.2) is 0 Å². The summed E-state index contributed by atoms with van der Waals surface area (Å²) in [6.45, 7) is 3.14. The predicted molar refractivity (Wildman–Crippen MR) is 188 cm³/mol. The number of carboxylic acid groups (broad SMARTS) is 1. The number of nitrogens with one attached hydrogen (secondary N) is 2. The minimum atomic E-state index is -3.90. The van der Waals surface area contributed by atoms with E-state index < -0.39 is 27.9 Å². The van der Waals surface area contributed by atoms with E-state index in [1.165, 1.54) is 11.8 Å². The normalized spacial score (nSPS) is 14.0. The van der Waals surface area contributed by atoms with Gasteiger partial charge in [-0.05, 0) is 48.7 Å². The Kier molecular flexibility index (Phi) is 12.5. The van der Waals surface area contributed by atoms with Gasteiger partial charge in [0.1, 0.15) is 37.3 Å². The molecule has 19 heteroatoms. The summed E-state index contributed by atoms with van der Waals surface area (Å²) in [5, 5.41) is 29.1. The fraction of sp³-hybridized carbons (Fsp3) is 0.387. The van der Waals surface area contributed by atoms with Gasteiger partial charge in [-0.1, -0.05) is 30.7 Å². The largest absolute Gasteiger partial charge is 0.492 e. The molecule has 4 aromatic rings. The first-order valence-electron chi connectivity index (χ1n) is 15.7. The van der Waals surface area contributed by atoms with Crippen molar-refractivity contribution in [3.8, 4) is 11.5 Å². The maximum Gasteiger partial charge on any atom is 0.327 e. The van der Waals surface area contributed by atoms with Gasteiger partial charge in [0.05, 0.1) is 28.2 Å². The number of fused-ring (bicyclic) bond motifs is 1. The number of rotatable bonds is 19. The van der Waals surface area contributed by atoms with Crippen molar-refractivity contribution >= 4 is 55.2 Å². The van der Waals surface area contributed by atoms with E-state index in [1.54, 1.807) is 46.3 Å².